The molecule has 2 unspecified atom stereocenters. The third-order valence-electron chi connectivity index (χ3n) is 3.89. The highest BCUT2D eigenvalue weighted by atomic mass is 35.5. The van der Waals surface area contributed by atoms with Gasteiger partial charge in [-0.05, 0) is 38.5 Å². The van der Waals surface area contributed by atoms with E-state index < -0.39 is 0 Å². The van der Waals surface area contributed by atoms with E-state index in [2.05, 4.69) is 31.0 Å². The lowest BCUT2D eigenvalue weighted by molar-refractivity contribution is 0.285. The molecule has 0 bridgehead atoms. The molecule has 1 aliphatic rings. The summed E-state index contributed by atoms with van der Waals surface area (Å²) in [6.45, 7) is 8.40. The van der Waals surface area contributed by atoms with Crippen LogP contribution in [0.1, 0.15) is 27.2 Å². The van der Waals surface area contributed by atoms with E-state index in [1.165, 1.54) is 6.07 Å². The van der Waals surface area contributed by atoms with Gasteiger partial charge in [-0.25, -0.2) is 4.39 Å². The van der Waals surface area contributed by atoms with Gasteiger partial charge < -0.3 is 10.2 Å². The standard InChI is InChI=1S/C14H20ClFN2/c1-4-14(3)9-18(10(2)8-17-14)11-5-6-13(16)12(15)7-11/h5-7,10,17H,4,8-9H2,1-3H3. The Kier molecular flexibility index (Phi) is 3.83. The average molecular weight is 271 g/mol. The Morgan fingerprint density at radius 3 is 2.89 bits per heavy atom. The third-order valence-corrected chi connectivity index (χ3v) is 4.18. The summed E-state index contributed by atoms with van der Waals surface area (Å²) in [6.07, 6.45) is 1.06. The maximum absolute atomic E-state index is 13.2. The van der Waals surface area contributed by atoms with Gasteiger partial charge in [-0.15, -0.1) is 0 Å². The molecule has 18 heavy (non-hydrogen) atoms. The maximum Gasteiger partial charge on any atom is 0.141 e. The normalized spacial score (nSPS) is 28.5. The number of piperazine rings is 1. The van der Waals surface area contributed by atoms with Crippen LogP contribution >= 0.6 is 11.6 Å². The van der Waals surface area contributed by atoms with Crippen molar-refractivity contribution in [3.63, 3.8) is 0 Å². The minimum Gasteiger partial charge on any atom is -0.366 e. The molecule has 0 radical (unpaired) electrons. The number of hydrogen-bond donors (Lipinski definition) is 1. The quantitative estimate of drug-likeness (QED) is 0.886. The summed E-state index contributed by atoms with van der Waals surface area (Å²) in [5.74, 6) is -0.360. The van der Waals surface area contributed by atoms with E-state index in [0.29, 0.717) is 6.04 Å². The molecule has 0 aliphatic carbocycles. The zero-order chi connectivity index (χ0) is 13.3. The maximum atomic E-state index is 13.2. The lowest BCUT2D eigenvalue weighted by atomic mass is 9.93. The molecule has 1 N–H and O–H groups in total. The molecule has 2 nitrogen and oxygen atoms in total. The van der Waals surface area contributed by atoms with Gasteiger partial charge in [0, 0.05) is 30.4 Å². The number of nitrogens with zero attached hydrogens (tertiary/aromatic N) is 1. The highest BCUT2D eigenvalue weighted by Crippen LogP contribution is 2.28. The number of anilines is 1. The second kappa shape index (κ2) is 5.06. The zero-order valence-corrected chi connectivity index (χ0v) is 11.9. The Morgan fingerprint density at radius 2 is 2.28 bits per heavy atom. The van der Waals surface area contributed by atoms with Crippen molar-refractivity contribution in [1.29, 1.82) is 0 Å². The minimum absolute atomic E-state index is 0.105. The van der Waals surface area contributed by atoms with Crippen molar-refractivity contribution in [2.75, 3.05) is 18.0 Å². The van der Waals surface area contributed by atoms with Crippen molar-refractivity contribution in [2.24, 2.45) is 0 Å². The van der Waals surface area contributed by atoms with E-state index in [9.17, 15) is 4.39 Å². The SMILES string of the molecule is CCC1(C)CN(c2ccc(F)c(Cl)c2)C(C)CN1. The summed E-state index contributed by atoms with van der Waals surface area (Å²) in [6, 6.07) is 5.34. The van der Waals surface area contributed by atoms with Crippen molar-refractivity contribution in [2.45, 2.75) is 38.8 Å². The first-order valence-corrected chi connectivity index (χ1v) is 6.80. The summed E-state index contributed by atoms with van der Waals surface area (Å²) < 4.78 is 13.2. The molecule has 0 saturated carbocycles. The van der Waals surface area contributed by atoms with Gasteiger partial charge in [-0.1, -0.05) is 18.5 Å². The van der Waals surface area contributed by atoms with Crippen LogP contribution in [0.15, 0.2) is 18.2 Å². The van der Waals surface area contributed by atoms with Crippen LogP contribution in [0.4, 0.5) is 10.1 Å². The first-order valence-electron chi connectivity index (χ1n) is 6.42. The molecule has 1 aromatic carbocycles. The number of hydrogen-bond acceptors (Lipinski definition) is 2. The lowest BCUT2D eigenvalue weighted by Gasteiger charge is -2.46. The third kappa shape index (κ3) is 2.62. The van der Waals surface area contributed by atoms with Crippen LogP contribution in [0.3, 0.4) is 0 Å². The lowest BCUT2D eigenvalue weighted by Crippen LogP contribution is -2.62. The summed E-state index contributed by atoms with van der Waals surface area (Å²) >= 11 is 5.87. The molecule has 1 aliphatic heterocycles. The van der Waals surface area contributed by atoms with E-state index >= 15 is 0 Å². The van der Waals surface area contributed by atoms with Crippen molar-refractivity contribution in [3.05, 3.63) is 29.0 Å². The van der Waals surface area contributed by atoms with Crippen LogP contribution < -0.4 is 10.2 Å². The van der Waals surface area contributed by atoms with Crippen LogP contribution in [-0.4, -0.2) is 24.7 Å². The predicted octanol–water partition coefficient (Wildman–Crippen LogP) is 3.45. The Balaban J connectivity index is 2.27. The fourth-order valence-electron chi connectivity index (χ4n) is 2.34. The molecule has 0 aromatic heterocycles. The fourth-order valence-corrected chi connectivity index (χ4v) is 2.51. The second-order valence-corrected chi connectivity index (χ2v) is 5.78. The number of nitrogens with one attached hydrogen (secondary N) is 1. The first kappa shape index (κ1) is 13.6. The van der Waals surface area contributed by atoms with Gasteiger partial charge in [-0.3, -0.25) is 0 Å². The van der Waals surface area contributed by atoms with Crippen molar-refractivity contribution in [1.82, 2.24) is 5.32 Å². The van der Waals surface area contributed by atoms with E-state index in [0.717, 1.165) is 25.2 Å². The largest absolute Gasteiger partial charge is 0.366 e. The molecular formula is C14H20ClFN2. The highest BCUT2D eigenvalue weighted by molar-refractivity contribution is 6.31. The molecule has 1 heterocycles. The molecule has 1 fully saturated rings. The van der Waals surface area contributed by atoms with Crippen LogP contribution in [0.2, 0.25) is 5.02 Å². The van der Waals surface area contributed by atoms with E-state index in [4.69, 9.17) is 11.6 Å². The van der Waals surface area contributed by atoms with E-state index in [1.54, 1.807) is 12.1 Å². The van der Waals surface area contributed by atoms with Gasteiger partial charge in [0.2, 0.25) is 0 Å². The van der Waals surface area contributed by atoms with Crippen molar-refractivity contribution < 1.29 is 4.39 Å². The van der Waals surface area contributed by atoms with E-state index in [-0.39, 0.29) is 16.4 Å². The van der Waals surface area contributed by atoms with Crippen LogP contribution in [0.25, 0.3) is 0 Å². The van der Waals surface area contributed by atoms with E-state index in [1.807, 2.05) is 0 Å². The van der Waals surface area contributed by atoms with Gasteiger partial charge in [0.15, 0.2) is 0 Å². The smallest absolute Gasteiger partial charge is 0.141 e. The number of benzene rings is 1. The summed E-state index contributed by atoms with van der Waals surface area (Å²) in [4.78, 5) is 2.30. The molecule has 2 atom stereocenters. The summed E-state index contributed by atoms with van der Waals surface area (Å²) in [7, 11) is 0. The molecule has 1 saturated heterocycles. The van der Waals surface area contributed by atoms with Crippen LogP contribution in [0, 0.1) is 5.82 Å². The summed E-state index contributed by atoms with van der Waals surface area (Å²) in [5, 5.41) is 3.76. The molecular weight excluding hydrogens is 251 g/mol. The topological polar surface area (TPSA) is 15.3 Å². The Bertz CT molecular complexity index is 438. The molecule has 100 valence electrons. The Hall–Kier alpha value is -0.800. The zero-order valence-electron chi connectivity index (χ0n) is 11.1. The van der Waals surface area contributed by atoms with Gasteiger partial charge in [-0.2, -0.15) is 0 Å². The summed E-state index contributed by atoms with van der Waals surface area (Å²) in [5.41, 5.74) is 1.10. The molecule has 0 amide bonds. The van der Waals surface area contributed by atoms with Crippen molar-refractivity contribution >= 4 is 17.3 Å². The number of halogens is 2. The highest BCUT2D eigenvalue weighted by Gasteiger charge is 2.32. The first-order chi connectivity index (χ1) is 8.45. The molecule has 0 spiro atoms. The Morgan fingerprint density at radius 1 is 1.56 bits per heavy atom. The Labute approximate surface area is 113 Å². The van der Waals surface area contributed by atoms with Crippen LogP contribution in [0.5, 0.6) is 0 Å². The van der Waals surface area contributed by atoms with Gasteiger partial charge in [0.25, 0.3) is 0 Å². The van der Waals surface area contributed by atoms with Crippen LogP contribution in [-0.2, 0) is 0 Å². The predicted molar refractivity (Wildman–Crippen MR) is 74.9 cm³/mol. The minimum atomic E-state index is -0.360. The van der Waals surface area contributed by atoms with Gasteiger partial charge in [0.05, 0.1) is 5.02 Å². The average Bonchev–Trinajstić information content (AvgIpc) is 2.36. The van der Waals surface area contributed by atoms with Gasteiger partial charge >= 0.3 is 0 Å². The van der Waals surface area contributed by atoms with Gasteiger partial charge in [0.1, 0.15) is 5.82 Å². The molecule has 4 heteroatoms. The number of rotatable bonds is 2. The van der Waals surface area contributed by atoms with Crippen molar-refractivity contribution in [3.8, 4) is 0 Å². The fraction of sp³-hybridized carbons (Fsp3) is 0.571. The second-order valence-electron chi connectivity index (χ2n) is 5.37. The molecule has 1 aromatic rings. The monoisotopic (exact) mass is 270 g/mol. The molecule has 2 rings (SSSR count).